The smallest absolute Gasteiger partial charge is 0.313 e. The van der Waals surface area contributed by atoms with Gasteiger partial charge in [0.25, 0.3) is 0 Å². The molecule has 1 aliphatic heterocycles. The van der Waals surface area contributed by atoms with Gasteiger partial charge in [-0.15, -0.1) is 0 Å². The standard InChI is InChI=1S/C13H20F3N3/c1-3-9-7-10(19(2)18-9)8-12-11(13(14,15)16)5-4-6-17-12/h7,11-12,17H,3-6,8H2,1-2H3. The summed E-state index contributed by atoms with van der Waals surface area (Å²) in [6, 6.07) is 1.37. The second kappa shape index (κ2) is 5.53. The predicted octanol–water partition coefficient (Wildman–Crippen LogP) is 2.46. The number of nitrogens with one attached hydrogen (secondary N) is 1. The highest BCUT2D eigenvalue weighted by molar-refractivity contribution is 5.12. The van der Waals surface area contributed by atoms with Gasteiger partial charge in [-0.3, -0.25) is 4.68 Å². The fraction of sp³-hybridized carbons (Fsp3) is 0.769. The van der Waals surface area contributed by atoms with E-state index in [0.717, 1.165) is 17.8 Å². The lowest BCUT2D eigenvalue weighted by Crippen LogP contribution is -2.49. The number of piperidine rings is 1. The van der Waals surface area contributed by atoms with Gasteiger partial charge in [-0.2, -0.15) is 18.3 Å². The minimum atomic E-state index is -4.12. The molecule has 6 heteroatoms. The van der Waals surface area contributed by atoms with Crippen molar-refractivity contribution in [3.05, 3.63) is 17.5 Å². The molecule has 1 saturated heterocycles. The normalized spacial score (nSPS) is 24.7. The number of aryl methyl sites for hydroxylation is 2. The highest BCUT2D eigenvalue weighted by Crippen LogP contribution is 2.35. The Kier molecular flexibility index (Phi) is 4.18. The molecule has 2 heterocycles. The third-order valence-electron chi connectivity index (χ3n) is 3.82. The minimum absolute atomic E-state index is 0.222. The SMILES string of the molecule is CCc1cc(CC2NCCCC2C(F)(F)F)n(C)n1. The molecular weight excluding hydrogens is 255 g/mol. The Morgan fingerprint density at radius 3 is 2.79 bits per heavy atom. The van der Waals surface area contributed by atoms with Crippen LogP contribution < -0.4 is 5.32 Å². The summed E-state index contributed by atoms with van der Waals surface area (Å²) in [5.41, 5.74) is 1.79. The van der Waals surface area contributed by atoms with Crippen LogP contribution in [0.15, 0.2) is 6.07 Å². The monoisotopic (exact) mass is 275 g/mol. The zero-order chi connectivity index (χ0) is 14.0. The van der Waals surface area contributed by atoms with Crippen molar-refractivity contribution in [2.75, 3.05) is 6.54 Å². The second-order valence-corrected chi connectivity index (χ2v) is 5.16. The maximum Gasteiger partial charge on any atom is 0.393 e. The summed E-state index contributed by atoms with van der Waals surface area (Å²) in [7, 11) is 1.79. The number of rotatable bonds is 3. The average molecular weight is 275 g/mol. The van der Waals surface area contributed by atoms with Gasteiger partial charge in [0.2, 0.25) is 0 Å². The van der Waals surface area contributed by atoms with E-state index in [1.165, 1.54) is 0 Å². The Bertz CT molecular complexity index is 425. The van der Waals surface area contributed by atoms with E-state index < -0.39 is 18.1 Å². The molecule has 1 fully saturated rings. The summed E-state index contributed by atoms with van der Waals surface area (Å²) in [4.78, 5) is 0. The Labute approximate surface area is 111 Å². The lowest BCUT2D eigenvalue weighted by molar-refractivity contribution is -0.188. The molecule has 108 valence electrons. The van der Waals surface area contributed by atoms with Crippen molar-refractivity contribution in [2.24, 2.45) is 13.0 Å². The van der Waals surface area contributed by atoms with E-state index in [1.54, 1.807) is 11.7 Å². The van der Waals surface area contributed by atoms with Crippen molar-refractivity contribution < 1.29 is 13.2 Å². The lowest BCUT2D eigenvalue weighted by Gasteiger charge is -2.34. The first kappa shape index (κ1) is 14.4. The molecule has 0 radical (unpaired) electrons. The molecular formula is C13H20F3N3. The molecule has 1 aromatic rings. The molecule has 19 heavy (non-hydrogen) atoms. The molecule has 1 aromatic heterocycles. The number of aromatic nitrogens is 2. The average Bonchev–Trinajstić information content (AvgIpc) is 2.70. The molecule has 0 saturated carbocycles. The van der Waals surface area contributed by atoms with E-state index in [-0.39, 0.29) is 6.42 Å². The van der Waals surface area contributed by atoms with Gasteiger partial charge in [-0.1, -0.05) is 6.92 Å². The van der Waals surface area contributed by atoms with Gasteiger partial charge in [-0.05, 0) is 31.9 Å². The van der Waals surface area contributed by atoms with Crippen LogP contribution in [-0.4, -0.2) is 28.5 Å². The van der Waals surface area contributed by atoms with Crippen LogP contribution in [-0.2, 0) is 19.9 Å². The maximum atomic E-state index is 13.0. The van der Waals surface area contributed by atoms with E-state index in [0.29, 0.717) is 19.4 Å². The van der Waals surface area contributed by atoms with Crippen LogP contribution in [0.5, 0.6) is 0 Å². The van der Waals surface area contributed by atoms with Crippen LogP contribution in [0.25, 0.3) is 0 Å². The summed E-state index contributed by atoms with van der Waals surface area (Å²) in [5, 5.41) is 7.31. The Balaban J connectivity index is 2.13. The Morgan fingerprint density at radius 1 is 1.47 bits per heavy atom. The minimum Gasteiger partial charge on any atom is -0.313 e. The fourth-order valence-electron chi connectivity index (χ4n) is 2.72. The predicted molar refractivity (Wildman–Crippen MR) is 66.9 cm³/mol. The van der Waals surface area contributed by atoms with Gasteiger partial charge in [0.1, 0.15) is 0 Å². The maximum absolute atomic E-state index is 13.0. The van der Waals surface area contributed by atoms with E-state index in [1.807, 2.05) is 13.0 Å². The highest BCUT2D eigenvalue weighted by Gasteiger charge is 2.45. The number of hydrogen-bond donors (Lipinski definition) is 1. The number of nitrogens with zero attached hydrogens (tertiary/aromatic N) is 2. The van der Waals surface area contributed by atoms with Crippen LogP contribution in [0.1, 0.15) is 31.2 Å². The van der Waals surface area contributed by atoms with Crippen LogP contribution in [0, 0.1) is 5.92 Å². The first-order valence-electron chi connectivity index (χ1n) is 6.73. The van der Waals surface area contributed by atoms with Crippen molar-refractivity contribution >= 4 is 0 Å². The fourth-order valence-corrected chi connectivity index (χ4v) is 2.72. The van der Waals surface area contributed by atoms with Crippen molar-refractivity contribution in [1.82, 2.24) is 15.1 Å². The zero-order valence-corrected chi connectivity index (χ0v) is 11.3. The topological polar surface area (TPSA) is 29.9 Å². The van der Waals surface area contributed by atoms with Gasteiger partial charge in [-0.25, -0.2) is 0 Å². The third-order valence-corrected chi connectivity index (χ3v) is 3.82. The Hall–Kier alpha value is -1.04. The van der Waals surface area contributed by atoms with Gasteiger partial charge in [0.15, 0.2) is 0 Å². The van der Waals surface area contributed by atoms with Crippen molar-refractivity contribution in [2.45, 2.75) is 44.8 Å². The Morgan fingerprint density at radius 2 is 2.21 bits per heavy atom. The molecule has 3 nitrogen and oxygen atoms in total. The van der Waals surface area contributed by atoms with Gasteiger partial charge in [0.05, 0.1) is 11.6 Å². The van der Waals surface area contributed by atoms with Crippen LogP contribution in [0.3, 0.4) is 0 Å². The molecule has 0 bridgehead atoms. The number of halogens is 3. The molecule has 2 rings (SSSR count). The number of hydrogen-bond acceptors (Lipinski definition) is 2. The number of alkyl halides is 3. The second-order valence-electron chi connectivity index (χ2n) is 5.16. The summed E-state index contributed by atoms with van der Waals surface area (Å²) in [5.74, 6) is -1.25. The first-order chi connectivity index (χ1) is 8.91. The summed E-state index contributed by atoms with van der Waals surface area (Å²) < 4.78 is 40.7. The molecule has 1 aliphatic rings. The zero-order valence-electron chi connectivity index (χ0n) is 11.3. The molecule has 0 amide bonds. The molecule has 0 aliphatic carbocycles. The van der Waals surface area contributed by atoms with Gasteiger partial charge >= 0.3 is 6.18 Å². The summed E-state index contributed by atoms with van der Waals surface area (Å²) >= 11 is 0. The van der Waals surface area contributed by atoms with E-state index in [9.17, 15) is 13.2 Å². The molecule has 0 aromatic carbocycles. The van der Waals surface area contributed by atoms with Crippen molar-refractivity contribution in [1.29, 1.82) is 0 Å². The van der Waals surface area contributed by atoms with Crippen LogP contribution >= 0.6 is 0 Å². The van der Waals surface area contributed by atoms with Crippen LogP contribution in [0.4, 0.5) is 13.2 Å². The largest absolute Gasteiger partial charge is 0.393 e. The summed E-state index contributed by atoms with van der Waals surface area (Å²) in [6.45, 7) is 2.65. The molecule has 0 spiro atoms. The summed E-state index contributed by atoms with van der Waals surface area (Å²) in [6.07, 6.45) is -2.13. The van der Waals surface area contributed by atoms with E-state index in [4.69, 9.17) is 0 Å². The van der Waals surface area contributed by atoms with Gasteiger partial charge < -0.3 is 5.32 Å². The molecule has 2 unspecified atom stereocenters. The van der Waals surface area contributed by atoms with E-state index >= 15 is 0 Å². The quantitative estimate of drug-likeness (QED) is 0.918. The highest BCUT2D eigenvalue weighted by atomic mass is 19.4. The van der Waals surface area contributed by atoms with Crippen LogP contribution in [0.2, 0.25) is 0 Å². The first-order valence-corrected chi connectivity index (χ1v) is 6.73. The molecule has 2 atom stereocenters. The third kappa shape index (κ3) is 3.29. The van der Waals surface area contributed by atoms with E-state index in [2.05, 4.69) is 10.4 Å². The molecule has 1 N–H and O–H groups in total. The lowest BCUT2D eigenvalue weighted by atomic mass is 9.87. The van der Waals surface area contributed by atoms with Crippen molar-refractivity contribution in [3.8, 4) is 0 Å². The van der Waals surface area contributed by atoms with Gasteiger partial charge in [0, 0.05) is 25.2 Å². The van der Waals surface area contributed by atoms with Crippen molar-refractivity contribution in [3.63, 3.8) is 0 Å².